The highest BCUT2D eigenvalue weighted by atomic mass is 32.2. The van der Waals surface area contributed by atoms with Gasteiger partial charge in [0.2, 0.25) is 0 Å². The molecule has 0 aromatic heterocycles. The van der Waals surface area contributed by atoms with Gasteiger partial charge in [0, 0.05) is 26.8 Å². The third-order valence-electron chi connectivity index (χ3n) is 7.13. The molecular weight excluding hydrogens is 600 g/mol. The van der Waals surface area contributed by atoms with E-state index in [1.165, 1.54) is 12.1 Å². The highest BCUT2D eigenvalue weighted by molar-refractivity contribution is 7.99. The van der Waals surface area contributed by atoms with Gasteiger partial charge in [0.05, 0.1) is 36.5 Å². The summed E-state index contributed by atoms with van der Waals surface area (Å²) in [5, 5.41) is 17.6. The van der Waals surface area contributed by atoms with Crippen molar-refractivity contribution in [1.82, 2.24) is 0 Å². The molecule has 8 nitrogen and oxygen atoms in total. The molecule has 0 fully saturated rings. The Labute approximate surface area is 271 Å². The number of hydrogen-bond acceptors (Lipinski definition) is 9. The predicted octanol–water partition coefficient (Wildman–Crippen LogP) is 6.91. The molecule has 1 aliphatic rings. The van der Waals surface area contributed by atoms with Gasteiger partial charge in [-0.05, 0) is 61.4 Å². The van der Waals surface area contributed by atoms with E-state index in [1.54, 1.807) is 62.0 Å². The second-order valence-corrected chi connectivity index (χ2v) is 11.1. The first-order valence-corrected chi connectivity index (χ1v) is 15.4. The van der Waals surface area contributed by atoms with Gasteiger partial charge < -0.3 is 9.47 Å². The number of rotatable bonds is 9. The van der Waals surface area contributed by atoms with Gasteiger partial charge in [0.25, 0.3) is 0 Å². The Bertz CT molecular complexity index is 1780. The van der Waals surface area contributed by atoms with Crippen LogP contribution < -0.4 is 0 Å². The van der Waals surface area contributed by atoms with Gasteiger partial charge in [-0.1, -0.05) is 72.4 Å². The standard InChI is InChI=1S/C25H19NO3S.C12H11NO3/c1-2-29-25(28)23(24(27)17-13-11-16(15-26)12-14-17)22-18-7-3-5-9-20(18)30-21-10-6-4-8-19(21)22;1-2-16-12(15)7-11(14)10-5-3-9(8-13)4-6-10/h3-14,22-23H,2H2,1H3;3-6H,2,7H2,1H3. The summed E-state index contributed by atoms with van der Waals surface area (Å²) in [4.78, 5) is 51.3. The average molecular weight is 631 g/mol. The van der Waals surface area contributed by atoms with Crippen molar-refractivity contribution in [2.24, 2.45) is 5.92 Å². The van der Waals surface area contributed by atoms with Crippen molar-refractivity contribution >= 4 is 35.3 Å². The SMILES string of the molecule is CCOC(=O)C(C(=O)c1ccc(C#N)cc1)C1c2ccccc2Sc2ccccc21.CCOC(=O)CC(=O)c1ccc(C#N)cc1. The summed E-state index contributed by atoms with van der Waals surface area (Å²) in [5.41, 5.74) is 3.63. The molecule has 1 aliphatic heterocycles. The lowest BCUT2D eigenvalue weighted by Gasteiger charge is -2.32. The molecular formula is C37H30N2O6S. The van der Waals surface area contributed by atoms with Crippen LogP contribution in [-0.4, -0.2) is 36.7 Å². The van der Waals surface area contributed by atoms with Gasteiger partial charge in [-0.15, -0.1) is 0 Å². The lowest BCUT2D eigenvalue weighted by atomic mass is 9.76. The van der Waals surface area contributed by atoms with Crippen molar-refractivity contribution in [3.8, 4) is 12.1 Å². The lowest BCUT2D eigenvalue weighted by Crippen LogP contribution is -2.34. The molecule has 4 aromatic rings. The van der Waals surface area contributed by atoms with Crippen LogP contribution in [0.4, 0.5) is 0 Å². The van der Waals surface area contributed by atoms with E-state index in [-0.39, 0.29) is 31.2 Å². The van der Waals surface area contributed by atoms with Gasteiger partial charge >= 0.3 is 11.9 Å². The third-order valence-corrected chi connectivity index (χ3v) is 8.31. The monoisotopic (exact) mass is 630 g/mol. The van der Waals surface area contributed by atoms with Crippen LogP contribution in [0.1, 0.15) is 69.2 Å². The zero-order valence-corrected chi connectivity index (χ0v) is 26.1. The van der Waals surface area contributed by atoms with Crippen LogP contribution in [0.3, 0.4) is 0 Å². The number of carbonyl (C=O) groups is 4. The largest absolute Gasteiger partial charge is 0.466 e. The Morgan fingerprint density at radius 3 is 1.65 bits per heavy atom. The first-order chi connectivity index (χ1) is 22.3. The number of esters is 2. The number of ketones is 2. The van der Waals surface area contributed by atoms with E-state index in [4.69, 9.17) is 15.3 Å². The zero-order chi connectivity index (χ0) is 33.1. The van der Waals surface area contributed by atoms with Gasteiger partial charge in [-0.25, -0.2) is 0 Å². The van der Waals surface area contributed by atoms with E-state index in [9.17, 15) is 19.2 Å². The van der Waals surface area contributed by atoms with Gasteiger partial charge in [-0.3, -0.25) is 19.2 Å². The highest BCUT2D eigenvalue weighted by Gasteiger charge is 2.42. The van der Waals surface area contributed by atoms with E-state index in [1.807, 2.05) is 60.7 Å². The number of benzene rings is 4. The molecule has 0 radical (unpaired) electrons. The third kappa shape index (κ3) is 7.95. The van der Waals surface area contributed by atoms with Crippen LogP contribution in [0, 0.1) is 28.6 Å². The van der Waals surface area contributed by atoms with Gasteiger partial charge in [0.1, 0.15) is 12.3 Å². The van der Waals surface area contributed by atoms with Crippen molar-refractivity contribution in [1.29, 1.82) is 10.5 Å². The maximum atomic E-state index is 13.6. The van der Waals surface area contributed by atoms with E-state index in [0.29, 0.717) is 22.3 Å². The number of nitriles is 2. The van der Waals surface area contributed by atoms with Crippen LogP contribution in [0.15, 0.2) is 107 Å². The predicted molar refractivity (Wildman–Crippen MR) is 171 cm³/mol. The molecule has 1 heterocycles. The number of fused-ring (bicyclic) bond motifs is 2. The molecule has 1 unspecified atom stereocenters. The lowest BCUT2D eigenvalue weighted by molar-refractivity contribution is -0.146. The highest BCUT2D eigenvalue weighted by Crippen LogP contribution is 2.49. The second-order valence-electron chi connectivity index (χ2n) is 10.0. The van der Waals surface area contributed by atoms with Crippen LogP contribution in [-0.2, 0) is 19.1 Å². The zero-order valence-electron chi connectivity index (χ0n) is 25.3. The van der Waals surface area contributed by atoms with Crippen molar-refractivity contribution in [3.63, 3.8) is 0 Å². The van der Waals surface area contributed by atoms with Crippen LogP contribution >= 0.6 is 11.8 Å². The molecule has 0 spiro atoms. The summed E-state index contributed by atoms with van der Waals surface area (Å²) in [6.45, 7) is 3.88. The number of hydrogen-bond donors (Lipinski definition) is 0. The summed E-state index contributed by atoms with van der Waals surface area (Å²) >= 11 is 1.64. The number of Topliss-reactive ketones (excluding diaryl/α,β-unsaturated/α-hetero) is 2. The van der Waals surface area contributed by atoms with E-state index in [0.717, 1.165) is 20.9 Å². The minimum absolute atomic E-state index is 0.195. The maximum Gasteiger partial charge on any atom is 0.317 e. The minimum Gasteiger partial charge on any atom is -0.466 e. The Kier molecular flexibility index (Phi) is 11.6. The van der Waals surface area contributed by atoms with Crippen LogP contribution in [0.25, 0.3) is 0 Å². The molecule has 0 amide bonds. The molecule has 0 N–H and O–H groups in total. The first kappa shape index (κ1) is 33.4. The quantitative estimate of drug-likeness (QED) is 0.110. The summed E-state index contributed by atoms with van der Waals surface area (Å²) < 4.78 is 10.0. The Morgan fingerprint density at radius 2 is 1.17 bits per heavy atom. The fourth-order valence-corrected chi connectivity index (χ4v) is 6.15. The Morgan fingerprint density at radius 1 is 0.696 bits per heavy atom. The van der Waals surface area contributed by atoms with Crippen LogP contribution in [0.5, 0.6) is 0 Å². The second kappa shape index (κ2) is 16.0. The summed E-state index contributed by atoms with van der Waals surface area (Å²) in [5.74, 6) is -3.13. The molecule has 0 bridgehead atoms. The van der Waals surface area contributed by atoms with Gasteiger partial charge in [0.15, 0.2) is 11.6 Å². The maximum absolute atomic E-state index is 13.6. The molecule has 230 valence electrons. The van der Waals surface area contributed by atoms with Crippen molar-refractivity contribution in [2.75, 3.05) is 13.2 Å². The minimum atomic E-state index is -1.01. The fraction of sp³-hybridized carbons (Fsp3) is 0.189. The van der Waals surface area contributed by atoms with E-state index in [2.05, 4.69) is 4.74 Å². The van der Waals surface area contributed by atoms with E-state index >= 15 is 0 Å². The Hall–Kier alpha value is -5.51. The summed E-state index contributed by atoms with van der Waals surface area (Å²) in [7, 11) is 0. The molecule has 4 aromatic carbocycles. The topological polar surface area (TPSA) is 134 Å². The normalized spacial score (nSPS) is 12.0. The molecule has 0 saturated carbocycles. The summed E-state index contributed by atoms with van der Waals surface area (Å²) in [6, 6.07) is 32.3. The van der Waals surface area contributed by atoms with Crippen molar-refractivity contribution < 1.29 is 28.7 Å². The number of ether oxygens (including phenoxy) is 2. The van der Waals surface area contributed by atoms with Crippen LogP contribution in [0.2, 0.25) is 0 Å². The first-order valence-electron chi connectivity index (χ1n) is 14.6. The molecule has 0 aliphatic carbocycles. The number of nitrogens with zero attached hydrogens (tertiary/aromatic N) is 2. The number of carbonyl (C=O) groups excluding carboxylic acids is 4. The van der Waals surface area contributed by atoms with E-state index < -0.39 is 23.8 Å². The fourth-order valence-electron chi connectivity index (χ4n) is 5.00. The molecule has 1 atom stereocenters. The molecule has 5 rings (SSSR count). The average Bonchev–Trinajstić information content (AvgIpc) is 3.08. The molecule has 46 heavy (non-hydrogen) atoms. The smallest absolute Gasteiger partial charge is 0.317 e. The van der Waals surface area contributed by atoms with Crippen molar-refractivity contribution in [2.45, 2.75) is 36.0 Å². The van der Waals surface area contributed by atoms with Crippen molar-refractivity contribution in [3.05, 3.63) is 130 Å². The molecule has 9 heteroatoms. The molecule has 0 saturated heterocycles. The summed E-state index contributed by atoms with van der Waals surface area (Å²) in [6.07, 6.45) is -0.264. The Balaban J connectivity index is 0.000000254. The van der Waals surface area contributed by atoms with Gasteiger partial charge in [-0.2, -0.15) is 10.5 Å².